The van der Waals surface area contributed by atoms with Crippen LogP contribution in [0.4, 0.5) is 0 Å². The van der Waals surface area contributed by atoms with E-state index in [1.807, 2.05) is 0 Å². The van der Waals surface area contributed by atoms with Crippen molar-refractivity contribution in [1.29, 1.82) is 0 Å². The highest BCUT2D eigenvalue weighted by Gasteiger charge is 2.42. The molecule has 0 aliphatic heterocycles. The van der Waals surface area contributed by atoms with Gasteiger partial charge in [-0.3, -0.25) is 0 Å². The molecule has 1 N–H and O–H groups in total. The molecule has 1 unspecified atom stereocenters. The minimum absolute atomic E-state index is 0.0699. The summed E-state index contributed by atoms with van der Waals surface area (Å²) in [6.07, 6.45) is 9.66. The Hall–Kier alpha value is -0.0400. The Morgan fingerprint density at radius 3 is 2.25 bits per heavy atom. The topological polar surface area (TPSA) is 20.2 Å². The van der Waals surface area contributed by atoms with E-state index < -0.39 is 0 Å². The molecule has 1 rings (SSSR count). The minimum atomic E-state index is -0.0699. The molecule has 0 spiro atoms. The molecule has 0 heterocycles. The van der Waals surface area contributed by atoms with Crippen molar-refractivity contribution in [3.8, 4) is 0 Å². The molecule has 0 amide bonds. The van der Waals surface area contributed by atoms with Crippen molar-refractivity contribution in [2.75, 3.05) is 0 Å². The molecule has 0 aromatic carbocycles. The van der Waals surface area contributed by atoms with Crippen LogP contribution >= 0.6 is 0 Å². The van der Waals surface area contributed by atoms with Gasteiger partial charge in [0.05, 0.1) is 6.10 Å². The van der Waals surface area contributed by atoms with Gasteiger partial charge >= 0.3 is 0 Å². The number of rotatable bonds is 5. The summed E-state index contributed by atoms with van der Waals surface area (Å²) in [6, 6.07) is 0. The van der Waals surface area contributed by atoms with Crippen molar-refractivity contribution in [3.05, 3.63) is 0 Å². The fourth-order valence-electron chi connectivity index (χ4n) is 3.15. The Morgan fingerprint density at radius 1 is 1.06 bits per heavy atom. The maximum Gasteiger partial charge on any atom is 0.0540 e. The van der Waals surface area contributed by atoms with Crippen LogP contribution in [0.2, 0.25) is 0 Å². The number of hydrogen-bond donors (Lipinski definition) is 1. The molecule has 1 fully saturated rings. The lowest BCUT2D eigenvalue weighted by atomic mass is 9.57. The van der Waals surface area contributed by atoms with E-state index in [9.17, 15) is 5.11 Å². The summed E-state index contributed by atoms with van der Waals surface area (Å²) < 4.78 is 0. The highest BCUT2D eigenvalue weighted by Crippen LogP contribution is 2.52. The van der Waals surface area contributed by atoms with Crippen LogP contribution in [0.3, 0.4) is 0 Å². The van der Waals surface area contributed by atoms with Crippen molar-refractivity contribution in [1.82, 2.24) is 0 Å². The maximum absolute atomic E-state index is 9.86. The predicted octanol–water partition coefficient (Wildman–Crippen LogP) is 4.53. The zero-order valence-electron chi connectivity index (χ0n) is 11.7. The molecule has 16 heavy (non-hydrogen) atoms. The lowest BCUT2D eigenvalue weighted by Crippen LogP contribution is -2.38. The molecule has 2 atom stereocenters. The van der Waals surface area contributed by atoms with Crippen LogP contribution in [0.1, 0.15) is 79.1 Å². The molecule has 1 aliphatic carbocycles. The Kier molecular flexibility index (Phi) is 4.85. The summed E-state index contributed by atoms with van der Waals surface area (Å²) >= 11 is 0. The van der Waals surface area contributed by atoms with Gasteiger partial charge in [0.2, 0.25) is 0 Å². The average molecular weight is 226 g/mol. The third-order valence-corrected chi connectivity index (χ3v) is 5.07. The summed E-state index contributed by atoms with van der Waals surface area (Å²) in [5, 5.41) is 9.86. The first-order valence-electron chi connectivity index (χ1n) is 7.09. The van der Waals surface area contributed by atoms with Gasteiger partial charge in [-0.1, -0.05) is 47.0 Å². The second-order valence-electron chi connectivity index (χ2n) is 6.63. The lowest BCUT2D eigenvalue weighted by molar-refractivity contribution is 0.00939. The van der Waals surface area contributed by atoms with E-state index in [1.165, 1.54) is 32.1 Å². The Balaban J connectivity index is 2.49. The van der Waals surface area contributed by atoms with E-state index in [2.05, 4.69) is 27.7 Å². The first kappa shape index (κ1) is 14.0. The normalized spacial score (nSPS) is 31.3. The van der Waals surface area contributed by atoms with Gasteiger partial charge in [0, 0.05) is 0 Å². The molecular weight excluding hydrogens is 196 g/mol. The highest BCUT2D eigenvalue weighted by atomic mass is 16.3. The predicted molar refractivity (Wildman–Crippen MR) is 70.5 cm³/mol. The molecule has 1 aliphatic rings. The summed E-state index contributed by atoms with van der Waals surface area (Å²) in [7, 11) is 0. The molecule has 1 saturated carbocycles. The zero-order valence-corrected chi connectivity index (χ0v) is 11.7. The monoisotopic (exact) mass is 226 g/mol. The number of aliphatic hydroxyl groups is 1. The smallest absolute Gasteiger partial charge is 0.0540 e. The third kappa shape index (κ3) is 3.23. The average Bonchev–Trinajstić information content (AvgIpc) is 2.20. The molecule has 1 heteroatoms. The first-order chi connectivity index (χ1) is 7.41. The lowest BCUT2D eigenvalue weighted by Gasteiger charge is -2.49. The van der Waals surface area contributed by atoms with E-state index in [1.54, 1.807) is 0 Å². The second-order valence-corrected chi connectivity index (χ2v) is 6.63. The molecule has 0 saturated heterocycles. The van der Waals surface area contributed by atoms with Gasteiger partial charge in [0.1, 0.15) is 0 Å². The van der Waals surface area contributed by atoms with E-state index in [0.717, 1.165) is 19.3 Å². The van der Waals surface area contributed by atoms with Gasteiger partial charge in [-0.15, -0.1) is 0 Å². The van der Waals surface area contributed by atoms with Crippen molar-refractivity contribution in [2.45, 2.75) is 85.2 Å². The molecule has 96 valence electrons. The molecule has 0 aromatic rings. The Morgan fingerprint density at radius 2 is 1.69 bits per heavy atom. The maximum atomic E-state index is 9.86. The van der Waals surface area contributed by atoms with E-state index in [4.69, 9.17) is 0 Å². The van der Waals surface area contributed by atoms with Crippen molar-refractivity contribution in [3.63, 3.8) is 0 Å². The van der Waals surface area contributed by atoms with Gasteiger partial charge < -0.3 is 5.11 Å². The van der Waals surface area contributed by atoms with Gasteiger partial charge in [-0.2, -0.15) is 0 Å². The second kappa shape index (κ2) is 5.53. The molecular formula is C15H30O. The largest absolute Gasteiger partial charge is 0.393 e. The number of aliphatic hydroxyl groups excluding tert-OH is 1. The first-order valence-corrected chi connectivity index (χ1v) is 7.09. The Labute approximate surface area is 102 Å². The van der Waals surface area contributed by atoms with Gasteiger partial charge in [0.15, 0.2) is 0 Å². The van der Waals surface area contributed by atoms with Crippen LogP contribution in [0, 0.1) is 10.8 Å². The molecule has 0 radical (unpaired) electrons. The van der Waals surface area contributed by atoms with Crippen LogP contribution in [0.5, 0.6) is 0 Å². The number of hydrogen-bond acceptors (Lipinski definition) is 1. The van der Waals surface area contributed by atoms with Crippen LogP contribution in [-0.2, 0) is 0 Å². The summed E-state index contributed by atoms with van der Waals surface area (Å²) in [5.74, 6) is 0. The fraction of sp³-hybridized carbons (Fsp3) is 1.00. The van der Waals surface area contributed by atoms with Crippen LogP contribution < -0.4 is 0 Å². The van der Waals surface area contributed by atoms with Crippen LogP contribution in [-0.4, -0.2) is 11.2 Å². The van der Waals surface area contributed by atoms with E-state index in [0.29, 0.717) is 10.8 Å². The molecule has 1 nitrogen and oxygen atoms in total. The van der Waals surface area contributed by atoms with Crippen molar-refractivity contribution in [2.24, 2.45) is 10.8 Å². The third-order valence-electron chi connectivity index (χ3n) is 5.07. The fourth-order valence-corrected chi connectivity index (χ4v) is 3.15. The van der Waals surface area contributed by atoms with Crippen molar-refractivity contribution < 1.29 is 5.11 Å². The zero-order chi connectivity index (χ0) is 12.2. The van der Waals surface area contributed by atoms with Gasteiger partial charge in [-0.05, 0) is 42.9 Å². The van der Waals surface area contributed by atoms with E-state index >= 15 is 0 Å². The van der Waals surface area contributed by atoms with Gasteiger partial charge in [0.25, 0.3) is 0 Å². The summed E-state index contributed by atoms with van der Waals surface area (Å²) in [5.41, 5.74) is 0.900. The molecule has 0 aromatic heterocycles. The minimum Gasteiger partial charge on any atom is -0.393 e. The standard InChI is InChI=1S/C15H30O/c1-5-8-13(16)9-12-15(4)11-7-6-10-14(15,2)3/h13,16H,5-12H2,1-4H3/t13?,15-/m1/s1. The Bertz CT molecular complexity index is 209. The SMILES string of the molecule is CCCC(O)CC[C@@]1(C)CCCCC1(C)C. The van der Waals surface area contributed by atoms with Crippen LogP contribution in [0.25, 0.3) is 0 Å². The van der Waals surface area contributed by atoms with Gasteiger partial charge in [-0.25, -0.2) is 0 Å². The quantitative estimate of drug-likeness (QED) is 0.730. The van der Waals surface area contributed by atoms with E-state index in [-0.39, 0.29) is 6.10 Å². The molecule has 0 bridgehead atoms. The highest BCUT2D eigenvalue weighted by molar-refractivity contribution is 4.92. The summed E-state index contributed by atoms with van der Waals surface area (Å²) in [4.78, 5) is 0. The summed E-state index contributed by atoms with van der Waals surface area (Å²) in [6.45, 7) is 9.41. The van der Waals surface area contributed by atoms with Crippen LogP contribution in [0.15, 0.2) is 0 Å². The van der Waals surface area contributed by atoms with Crippen molar-refractivity contribution >= 4 is 0 Å².